The Hall–Kier alpha value is -2.53. The molecule has 0 saturated carbocycles. The van der Waals surface area contributed by atoms with Crippen LogP contribution >= 0.6 is 0 Å². The summed E-state index contributed by atoms with van der Waals surface area (Å²) in [6.07, 6.45) is 38.8. The average Bonchev–Trinajstić information content (AvgIpc) is 3.65. The van der Waals surface area contributed by atoms with Crippen LogP contribution in [0.2, 0.25) is 0 Å². The third-order valence-electron chi connectivity index (χ3n) is 10.2. The van der Waals surface area contributed by atoms with Gasteiger partial charge in [0.05, 0.1) is 26.0 Å². The maximum atomic E-state index is 12.1. The number of carbonyl (C=O) groups excluding carboxylic acids is 2. The van der Waals surface area contributed by atoms with E-state index in [4.69, 9.17) is 9.47 Å². The van der Waals surface area contributed by atoms with Crippen LogP contribution < -0.4 is 0 Å². The Morgan fingerprint density at radius 3 is 1.54 bits per heavy atom. The predicted molar refractivity (Wildman–Crippen MR) is 230 cm³/mol. The van der Waals surface area contributed by atoms with Crippen LogP contribution in [0, 0.1) is 0 Å². The molecule has 0 aliphatic rings. The van der Waals surface area contributed by atoms with Crippen molar-refractivity contribution in [1.29, 1.82) is 0 Å². The van der Waals surface area contributed by atoms with Crippen molar-refractivity contribution in [1.82, 2.24) is 19.6 Å². The van der Waals surface area contributed by atoms with Crippen LogP contribution in [0.15, 0.2) is 36.7 Å². The largest absolute Gasteiger partial charge is 0.461 e. The van der Waals surface area contributed by atoms with E-state index in [1.54, 1.807) is 0 Å². The molecule has 10 nitrogen and oxygen atoms in total. The number of carbonyl (C=O) groups is 2. The van der Waals surface area contributed by atoms with E-state index >= 15 is 0 Å². The van der Waals surface area contributed by atoms with E-state index in [9.17, 15) is 19.8 Å². The number of esters is 2. The first-order valence-electron chi connectivity index (χ1n) is 22.8. The molecule has 1 heterocycles. The first-order chi connectivity index (χ1) is 27.5. The Balaban J connectivity index is 2.34. The first-order valence-corrected chi connectivity index (χ1v) is 22.8. The smallest absolute Gasteiger partial charge is 0.306 e. The second-order valence-electron chi connectivity index (χ2n) is 15.4. The summed E-state index contributed by atoms with van der Waals surface area (Å²) in [7, 11) is 0. The van der Waals surface area contributed by atoms with E-state index in [1.165, 1.54) is 82.6 Å². The quantitative estimate of drug-likeness (QED) is 0.0380. The molecule has 1 rings (SSSR count). The number of ether oxygens (including phenoxy) is 2. The lowest BCUT2D eigenvalue weighted by molar-refractivity contribution is -0.143. The standard InChI is InChI=1S/C46H84N4O6/c1-3-5-7-9-15-21-27-39-55-45(53)29-23-17-11-13-19-25-31-49(42-44-41-47-50(43-44)34-33-48(35-37-51)36-38-52)32-26-20-14-12-18-24-30-46(54)56-40-28-22-16-10-8-6-4-2/h21-22,27-28,41,43,51-52H,3-20,23-26,29-40,42H2,1-2H3/b27-21-,28-22-. The molecule has 0 aromatic carbocycles. The molecule has 0 spiro atoms. The SMILES string of the molecule is CCCCCC/C=C\COC(=O)CCCCCCCCN(CCCCCCCCC(=O)OC/C=C\CCCCCC)Cc1cnn(CCN(CCO)CCO)c1. The van der Waals surface area contributed by atoms with Crippen molar-refractivity contribution in [3.05, 3.63) is 42.3 Å². The molecule has 1 aromatic rings. The van der Waals surface area contributed by atoms with Crippen LogP contribution in [-0.2, 0) is 32.2 Å². The number of allylic oxidation sites excluding steroid dienone is 2. The van der Waals surface area contributed by atoms with Crippen molar-refractivity contribution >= 4 is 11.9 Å². The van der Waals surface area contributed by atoms with Gasteiger partial charge in [-0.1, -0.05) is 128 Å². The third kappa shape index (κ3) is 32.5. The Kier molecular flexibility index (Phi) is 36.1. The molecule has 0 saturated heterocycles. The van der Waals surface area contributed by atoms with Crippen LogP contribution in [-0.4, -0.2) is 101 Å². The highest BCUT2D eigenvalue weighted by Gasteiger charge is 2.10. The van der Waals surface area contributed by atoms with E-state index < -0.39 is 0 Å². The van der Waals surface area contributed by atoms with Crippen molar-refractivity contribution in [2.24, 2.45) is 0 Å². The first kappa shape index (κ1) is 51.5. The number of hydrogen-bond acceptors (Lipinski definition) is 9. The van der Waals surface area contributed by atoms with Crippen molar-refractivity contribution in [2.75, 3.05) is 59.2 Å². The maximum absolute atomic E-state index is 12.1. The highest BCUT2D eigenvalue weighted by atomic mass is 16.5. The molecule has 0 aliphatic carbocycles. The lowest BCUT2D eigenvalue weighted by atomic mass is 10.1. The minimum atomic E-state index is -0.0841. The molecule has 0 bridgehead atoms. The zero-order chi connectivity index (χ0) is 40.6. The summed E-state index contributed by atoms with van der Waals surface area (Å²) in [6, 6.07) is 0. The van der Waals surface area contributed by atoms with E-state index in [0.717, 1.165) is 96.9 Å². The van der Waals surface area contributed by atoms with E-state index in [-0.39, 0.29) is 25.2 Å². The summed E-state index contributed by atoms with van der Waals surface area (Å²) < 4.78 is 12.7. The molecule has 0 atom stereocenters. The van der Waals surface area contributed by atoms with Crippen molar-refractivity contribution in [3.8, 4) is 0 Å². The number of aliphatic hydroxyl groups excluding tert-OH is 2. The van der Waals surface area contributed by atoms with Gasteiger partial charge in [0.1, 0.15) is 13.2 Å². The Labute approximate surface area is 342 Å². The van der Waals surface area contributed by atoms with Gasteiger partial charge in [-0.25, -0.2) is 0 Å². The Bertz CT molecular complexity index is 1030. The van der Waals surface area contributed by atoms with Gasteiger partial charge in [0, 0.05) is 50.8 Å². The second kappa shape index (κ2) is 39.3. The van der Waals surface area contributed by atoms with E-state index in [0.29, 0.717) is 39.1 Å². The van der Waals surface area contributed by atoms with Gasteiger partial charge in [0.15, 0.2) is 0 Å². The zero-order valence-electron chi connectivity index (χ0n) is 36.0. The van der Waals surface area contributed by atoms with Gasteiger partial charge in [0.25, 0.3) is 0 Å². The molecule has 0 aliphatic heterocycles. The van der Waals surface area contributed by atoms with E-state index in [2.05, 4.69) is 47.1 Å². The van der Waals surface area contributed by atoms with Gasteiger partial charge in [-0.05, 0) is 64.5 Å². The summed E-state index contributed by atoms with van der Waals surface area (Å²) in [5.41, 5.74) is 1.21. The topological polar surface area (TPSA) is 117 Å². The number of aromatic nitrogens is 2. The lowest BCUT2D eigenvalue weighted by Crippen LogP contribution is -2.32. The van der Waals surface area contributed by atoms with Gasteiger partial charge < -0.3 is 19.7 Å². The van der Waals surface area contributed by atoms with Crippen molar-refractivity contribution in [2.45, 2.75) is 181 Å². The minimum Gasteiger partial charge on any atom is -0.461 e. The fourth-order valence-electron chi connectivity index (χ4n) is 6.80. The summed E-state index contributed by atoms with van der Waals surface area (Å²) in [4.78, 5) is 28.7. The molecule has 56 heavy (non-hydrogen) atoms. The van der Waals surface area contributed by atoms with Gasteiger partial charge in [-0.15, -0.1) is 0 Å². The second-order valence-corrected chi connectivity index (χ2v) is 15.4. The number of hydrogen-bond donors (Lipinski definition) is 2. The molecule has 1 aromatic heterocycles. The van der Waals surface area contributed by atoms with Crippen LogP contribution in [0.3, 0.4) is 0 Å². The highest BCUT2D eigenvalue weighted by Crippen LogP contribution is 2.14. The van der Waals surface area contributed by atoms with E-state index in [1.807, 2.05) is 23.0 Å². The number of rotatable bonds is 41. The lowest BCUT2D eigenvalue weighted by Gasteiger charge is -2.22. The van der Waals surface area contributed by atoms with Crippen molar-refractivity contribution < 1.29 is 29.3 Å². The Morgan fingerprint density at radius 1 is 0.589 bits per heavy atom. The number of nitrogens with zero attached hydrogens (tertiary/aromatic N) is 4. The average molecular weight is 789 g/mol. The van der Waals surface area contributed by atoms with Gasteiger partial charge in [-0.3, -0.25) is 24.1 Å². The third-order valence-corrected chi connectivity index (χ3v) is 10.2. The maximum Gasteiger partial charge on any atom is 0.306 e. The monoisotopic (exact) mass is 789 g/mol. The zero-order valence-corrected chi connectivity index (χ0v) is 36.0. The molecular weight excluding hydrogens is 705 g/mol. The molecule has 0 fully saturated rings. The highest BCUT2D eigenvalue weighted by molar-refractivity contribution is 5.69. The molecule has 2 N–H and O–H groups in total. The summed E-state index contributed by atoms with van der Waals surface area (Å²) in [6.45, 7) is 11.0. The Morgan fingerprint density at radius 2 is 1.05 bits per heavy atom. The molecule has 0 amide bonds. The molecule has 10 heteroatoms. The summed E-state index contributed by atoms with van der Waals surface area (Å²) in [5.74, 6) is -0.168. The fraction of sp³-hybridized carbons (Fsp3) is 0.804. The van der Waals surface area contributed by atoms with Gasteiger partial charge in [-0.2, -0.15) is 5.10 Å². The summed E-state index contributed by atoms with van der Waals surface area (Å²) >= 11 is 0. The van der Waals surface area contributed by atoms with Crippen LogP contribution in [0.1, 0.15) is 174 Å². The normalized spacial score (nSPS) is 11.9. The minimum absolute atomic E-state index is 0.0808. The molecule has 0 radical (unpaired) electrons. The van der Waals surface area contributed by atoms with Crippen LogP contribution in [0.5, 0.6) is 0 Å². The fourth-order valence-corrected chi connectivity index (χ4v) is 6.80. The van der Waals surface area contributed by atoms with Gasteiger partial charge in [0.2, 0.25) is 0 Å². The number of aliphatic hydroxyl groups is 2. The van der Waals surface area contributed by atoms with Crippen LogP contribution in [0.25, 0.3) is 0 Å². The molecule has 0 unspecified atom stereocenters. The van der Waals surface area contributed by atoms with Gasteiger partial charge >= 0.3 is 11.9 Å². The van der Waals surface area contributed by atoms with Crippen LogP contribution in [0.4, 0.5) is 0 Å². The number of unbranched alkanes of at least 4 members (excludes halogenated alkanes) is 18. The predicted octanol–water partition coefficient (Wildman–Crippen LogP) is 9.57. The molecule has 324 valence electrons. The van der Waals surface area contributed by atoms with Crippen molar-refractivity contribution in [3.63, 3.8) is 0 Å². The molecular formula is C46H84N4O6. The summed E-state index contributed by atoms with van der Waals surface area (Å²) in [5, 5.41) is 23.3.